The van der Waals surface area contributed by atoms with Gasteiger partial charge in [-0.05, 0) is 53.7 Å². The first-order chi connectivity index (χ1) is 7.19. The standard InChI is InChI=1S/C12H12BrClO/c13-10-6-9(14)5-8-7-12(15-11(8)10)3-1-2-4-12/h5-6H,1-4,7H2. The molecule has 0 N–H and O–H groups in total. The summed E-state index contributed by atoms with van der Waals surface area (Å²) in [6, 6.07) is 3.95. The van der Waals surface area contributed by atoms with Crippen molar-refractivity contribution < 1.29 is 4.74 Å². The van der Waals surface area contributed by atoms with Crippen LogP contribution in [0, 0.1) is 0 Å². The van der Waals surface area contributed by atoms with Gasteiger partial charge in [-0.2, -0.15) is 0 Å². The molecular formula is C12H12BrClO. The monoisotopic (exact) mass is 286 g/mol. The van der Waals surface area contributed by atoms with Gasteiger partial charge in [-0.3, -0.25) is 0 Å². The molecule has 0 unspecified atom stereocenters. The van der Waals surface area contributed by atoms with Crippen LogP contribution in [-0.2, 0) is 6.42 Å². The summed E-state index contributed by atoms with van der Waals surface area (Å²) in [5.74, 6) is 1.02. The SMILES string of the molecule is Clc1cc(Br)c2c(c1)CC1(CCCC1)O2. The van der Waals surface area contributed by atoms with Crippen LogP contribution in [0.2, 0.25) is 5.02 Å². The highest BCUT2D eigenvalue weighted by Gasteiger charge is 2.42. The Hall–Kier alpha value is -0.210. The molecule has 0 saturated heterocycles. The topological polar surface area (TPSA) is 9.23 Å². The Labute approximate surface area is 103 Å². The van der Waals surface area contributed by atoms with Gasteiger partial charge in [0.15, 0.2) is 0 Å². The summed E-state index contributed by atoms with van der Waals surface area (Å²) in [6.07, 6.45) is 5.98. The lowest BCUT2D eigenvalue weighted by molar-refractivity contribution is 0.102. The molecule has 0 aromatic heterocycles. The number of benzene rings is 1. The van der Waals surface area contributed by atoms with E-state index in [4.69, 9.17) is 16.3 Å². The third kappa shape index (κ3) is 1.58. The molecule has 1 saturated carbocycles. The summed E-state index contributed by atoms with van der Waals surface area (Å²) in [6.45, 7) is 0. The van der Waals surface area contributed by atoms with Crippen molar-refractivity contribution >= 4 is 27.5 Å². The van der Waals surface area contributed by atoms with Crippen LogP contribution in [0.5, 0.6) is 5.75 Å². The van der Waals surface area contributed by atoms with Crippen molar-refractivity contribution in [3.63, 3.8) is 0 Å². The molecule has 1 aliphatic heterocycles. The number of rotatable bonds is 0. The summed E-state index contributed by atoms with van der Waals surface area (Å²) in [5, 5.41) is 0.791. The zero-order valence-electron chi connectivity index (χ0n) is 8.35. The second kappa shape index (κ2) is 3.39. The molecular weight excluding hydrogens is 275 g/mol. The van der Waals surface area contributed by atoms with E-state index in [2.05, 4.69) is 15.9 Å². The highest BCUT2D eigenvalue weighted by Crippen LogP contribution is 2.48. The number of fused-ring (bicyclic) bond motifs is 1. The second-order valence-electron chi connectivity index (χ2n) is 4.54. The second-order valence-corrected chi connectivity index (χ2v) is 5.84. The summed E-state index contributed by atoms with van der Waals surface area (Å²) >= 11 is 9.56. The first-order valence-corrected chi connectivity index (χ1v) is 6.53. The predicted octanol–water partition coefficient (Wildman–Crippen LogP) is 4.35. The Morgan fingerprint density at radius 2 is 2.00 bits per heavy atom. The minimum absolute atomic E-state index is 0.0928. The third-order valence-electron chi connectivity index (χ3n) is 3.43. The normalized spacial score (nSPS) is 21.7. The van der Waals surface area contributed by atoms with Crippen molar-refractivity contribution in [2.75, 3.05) is 0 Å². The van der Waals surface area contributed by atoms with Crippen LogP contribution in [-0.4, -0.2) is 5.60 Å². The van der Waals surface area contributed by atoms with Gasteiger partial charge in [0.25, 0.3) is 0 Å². The molecule has 1 aromatic carbocycles. The van der Waals surface area contributed by atoms with Gasteiger partial charge in [-0.1, -0.05) is 11.6 Å². The van der Waals surface area contributed by atoms with Gasteiger partial charge in [-0.25, -0.2) is 0 Å². The van der Waals surface area contributed by atoms with Crippen LogP contribution in [0.4, 0.5) is 0 Å². The maximum Gasteiger partial charge on any atom is 0.137 e. The molecule has 80 valence electrons. The molecule has 3 rings (SSSR count). The molecule has 1 aromatic rings. The average molecular weight is 288 g/mol. The van der Waals surface area contributed by atoms with Crippen molar-refractivity contribution in [3.8, 4) is 5.75 Å². The summed E-state index contributed by atoms with van der Waals surface area (Å²) in [7, 11) is 0. The molecule has 3 heteroatoms. The zero-order chi connectivity index (χ0) is 10.5. The van der Waals surface area contributed by atoms with E-state index in [0.717, 1.165) is 21.7 Å². The van der Waals surface area contributed by atoms with Crippen LogP contribution in [0.1, 0.15) is 31.2 Å². The van der Waals surface area contributed by atoms with Crippen molar-refractivity contribution in [1.29, 1.82) is 0 Å². The fraction of sp³-hybridized carbons (Fsp3) is 0.500. The average Bonchev–Trinajstić information content (AvgIpc) is 2.74. The fourth-order valence-corrected chi connectivity index (χ4v) is 3.71. The molecule has 2 aliphatic rings. The molecule has 1 spiro atoms. The summed E-state index contributed by atoms with van der Waals surface area (Å²) in [5.41, 5.74) is 1.35. The Balaban J connectivity index is 2.02. The molecule has 0 radical (unpaired) electrons. The van der Waals surface area contributed by atoms with Gasteiger partial charge in [0.05, 0.1) is 4.47 Å². The zero-order valence-corrected chi connectivity index (χ0v) is 10.7. The van der Waals surface area contributed by atoms with Gasteiger partial charge in [0.1, 0.15) is 11.4 Å². The number of hydrogen-bond acceptors (Lipinski definition) is 1. The van der Waals surface area contributed by atoms with Crippen LogP contribution < -0.4 is 4.74 Å². The molecule has 1 aliphatic carbocycles. The van der Waals surface area contributed by atoms with E-state index in [9.17, 15) is 0 Å². The van der Waals surface area contributed by atoms with Crippen LogP contribution in [0.3, 0.4) is 0 Å². The molecule has 0 atom stereocenters. The first kappa shape index (κ1) is 9.98. The van der Waals surface area contributed by atoms with Crippen LogP contribution in [0.25, 0.3) is 0 Å². The van der Waals surface area contributed by atoms with E-state index in [-0.39, 0.29) is 5.60 Å². The van der Waals surface area contributed by atoms with E-state index < -0.39 is 0 Å². The third-order valence-corrected chi connectivity index (χ3v) is 4.24. The highest BCUT2D eigenvalue weighted by atomic mass is 79.9. The lowest BCUT2D eigenvalue weighted by atomic mass is 9.96. The maximum absolute atomic E-state index is 6.14. The van der Waals surface area contributed by atoms with E-state index in [1.165, 1.54) is 31.2 Å². The van der Waals surface area contributed by atoms with Gasteiger partial charge in [0, 0.05) is 17.0 Å². The lowest BCUT2D eigenvalue weighted by Gasteiger charge is -2.22. The quantitative estimate of drug-likeness (QED) is 0.689. The number of hydrogen-bond donors (Lipinski definition) is 0. The van der Waals surface area contributed by atoms with Crippen molar-refractivity contribution in [1.82, 2.24) is 0 Å². The van der Waals surface area contributed by atoms with Gasteiger partial charge >= 0.3 is 0 Å². The Morgan fingerprint density at radius 1 is 1.27 bits per heavy atom. The Kier molecular flexibility index (Phi) is 2.26. The minimum Gasteiger partial charge on any atom is -0.485 e. The van der Waals surface area contributed by atoms with Gasteiger partial charge in [0.2, 0.25) is 0 Å². The smallest absolute Gasteiger partial charge is 0.137 e. The van der Waals surface area contributed by atoms with Gasteiger partial charge < -0.3 is 4.74 Å². The number of halogens is 2. The van der Waals surface area contributed by atoms with E-state index in [0.29, 0.717) is 0 Å². The Morgan fingerprint density at radius 3 is 2.73 bits per heavy atom. The van der Waals surface area contributed by atoms with Gasteiger partial charge in [-0.15, -0.1) is 0 Å². The van der Waals surface area contributed by atoms with Crippen molar-refractivity contribution in [3.05, 3.63) is 27.2 Å². The lowest BCUT2D eigenvalue weighted by Crippen LogP contribution is -2.29. The van der Waals surface area contributed by atoms with Crippen molar-refractivity contribution in [2.45, 2.75) is 37.7 Å². The van der Waals surface area contributed by atoms with E-state index in [1.54, 1.807) is 0 Å². The largest absolute Gasteiger partial charge is 0.485 e. The molecule has 1 fully saturated rings. The fourth-order valence-electron chi connectivity index (χ4n) is 2.76. The predicted molar refractivity (Wildman–Crippen MR) is 64.7 cm³/mol. The first-order valence-electron chi connectivity index (χ1n) is 5.36. The molecule has 15 heavy (non-hydrogen) atoms. The minimum atomic E-state index is 0.0928. The summed E-state index contributed by atoms with van der Waals surface area (Å²) < 4.78 is 7.13. The molecule has 1 heterocycles. The van der Waals surface area contributed by atoms with Crippen LogP contribution in [0.15, 0.2) is 16.6 Å². The highest BCUT2D eigenvalue weighted by molar-refractivity contribution is 9.10. The Bertz CT molecular complexity index is 410. The molecule has 1 nitrogen and oxygen atoms in total. The molecule has 0 bridgehead atoms. The maximum atomic E-state index is 6.14. The van der Waals surface area contributed by atoms with E-state index >= 15 is 0 Å². The van der Waals surface area contributed by atoms with E-state index in [1.807, 2.05) is 12.1 Å². The van der Waals surface area contributed by atoms with Crippen molar-refractivity contribution in [2.24, 2.45) is 0 Å². The van der Waals surface area contributed by atoms with Crippen LogP contribution >= 0.6 is 27.5 Å². The number of ether oxygens (including phenoxy) is 1. The molecule has 0 amide bonds. The summed E-state index contributed by atoms with van der Waals surface area (Å²) in [4.78, 5) is 0.